The molecule has 0 aliphatic heterocycles. The molecular weight excluding hydrogens is 222 g/mol. The summed E-state index contributed by atoms with van der Waals surface area (Å²) in [7, 11) is 5.73. The summed E-state index contributed by atoms with van der Waals surface area (Å²) in [5.74, 6) is 1.51. The molecule has 0 unspecified atom stereocenters. The molecule has 0 amide bonds. The molecule has 0 atom stereocenters. The van der Waals surface area contributed by atoms with E-state index in [2.05, 4.69) is 11.0 Å². The third kappa shape index (κ3) is 3.78. The largest absolute Gasteiger partial charge is 0.497 e. The van der Waals surface area contributed by atoms with Crippen LogP contribution in [0.3, 0.4) is 0 Å². The fourth-order valence-corrected chi connectivity index (χ4v) is 1.61. The Bertz CT molecular complexity index is 343. The van der Waals surface area contributed by atoms with Crippen LogP contribution < -0.4 is 4.74 Å². The zero-order valence-electron chi connectivity index (χ0n) is 10.0. The van der Waals surface area contributed by atoms with E-state index < -0.39 is 0 Å². The first kappa shape index (κ1) is 12.9. The van der Waals surface area contributed by atoms with Crippen LogP contribution in [0.4, 0.5) is 0 Å². The summed E-state index contributed by atoms with van der Waals surface area (Å²) in [4.78, 5) is 2.09. The molecule has 0 radical (unpaired) electrons. The van der Waals surface area contributed by atoms with Gasteiger partial charge in [-0.25, -0.2) is 0 Å². The van der Waals surface area contributed by atoms with E-state index in [1.807, 2.05) is 38.4 Å². The van der Waals surface area contributed by atoms with Crippen LogP contribution in [0.2, 0.25) is 0 Å². The van der Waals surface area contributed by atoms with Crippen molar-refractivity contribution < 1.29 is 4.74 Å². The molecule has 16 heavy (non-hydrogen) atoms. The Labute approximate surface area is 102 Å². The summed E-state index contributed by atoms with van der Waals surface area (Å²) in [6.07, 6.45) is 3.02. The summed E-state index contributed by atoms with van der Waals surface area (Å²) >= 11 is 5.77. The molecule has 1 aromatic rings. The highest BCUT2D eigenvalue weighted by molar-refractivity contribution is 6.18. The molecule has 0 N–H and O–H groups in total. The second-order valence-electron chi connectivity index (χ2n) is 3.74. The minimum absolute atomic E-state index is 0.639. The molecule has 88 valence electrons. The van der Waals surface area contributed by atoms with Gasteiger partial charge in [0.05, 0.1) is 7.11 Å². The van der Waals surface area contributed by atoms with Gasteiger partial charge in [-0.2, -0.15) is 0 Å². The number of alkyl halides is 1. The molecule has 0 fully saturated rings. The quantitative estimate of drug-likeness (QED) is 0.732. The molecule has 0 saturated heterocycles. The Hall–Kier alpha value is -1.15. The molecule has 0 saturated carbocycles. The number of benzene rings is 1. The van der Waals surface area contributed by atoms with Gasteiger partial charge in [0.2, 0.25) is 0 Å². The molecule has 0 aliphatic carbocycles. The van der Waals surface area contributed by atoms with Crippen LogP contribution in [0.25, 0.3) is 6.08 Å². The van der Waals surface area contributed by atoms with Gasteiger partial charge in [0.1, 0.15) is 5.75 Å². The molecule has 0 aliphatic rings. The number of allylic oxidation sites excluding steroid dienone is 1. The number of halogens is 1. The second-order valence-corrected chi connectivity index (χ2v) is 4.12. The topological polar surface area (TPSA) is 12.5 Å². The van der Waals surface area contributed by atoms with Gasteiger partial charge in [-0.05, 0) is 23.8 Å². The van der Waals surface area contributed by atoms with Crippen molar-refractivity contribution in [3.63, 3.8) is 0 Å². The third-order valence-corrected chi connectivity index (χ3v) is 2.56. The lowest BCUT2D eigenvalue weighted by molar-refractivity contribution is 0.415. The molecule has 1 aromatic carbocycles. The van der Waals surface area contributed by atoms with Crippen LogP contribution in [0.5, 0.6) is 5.75 Å². The fourth-order valence-electron chi connectivity index (χ4n) is 1.41. The maximum atomic E-state index is 5.77. The number of ether oxygens (including phenoxy) is 1. The molecule has 0 aromatic heterocycles. The molecule has 0 spiro atoms. The van der Waals surface area contributed by atoms with Crippen molar-refractivity contribution in [1.29, 1.82) is 0 Å². The number of methoxy groups -OCH3 is 1. The van der Waals surface area contributed by atoms with Crippen molar-refractivity contribution in [1.82, 2.24) is 4.90 Å². The average Bonchev–Trinajstić information content (AvgIpc) is 2.29. The van der Waals surface area contributed by atoms with Gasteiger partial charge in [0.15, 0.2) is 0 Å². The molecule has 0 bridgehead atoms. The van der Waals surface area contributed by atoms with Gasteiger partial charge < -0.3 is 9.64 Å². The van der Waals surface area contributed by atoms with Gasteiger partial charge in [-0.15, -0.1) is 11.6 Å². The van der Waals surface area contributed by atoms with Crippen LogP contribution in [0.15, 0.2) is 30.0 Å². The predicted molar refractivity (Wildman–Crippen MR) is 70.0 cm³/mol. The van der Waals surface area contributed by atoms with Crippen LogP contribution in [-0.4, -0.2) is 32.0 Å². The lowest BCUT2D eigenvalue weighted by Gasteiger charge is -2.16. The van der Waals surface area contributed by atoms with Crippen molar-refractivity contribution >= 4 is 17.7 Å². The molecule has 0 heterocycles. The number of hydrogen-bond donors (Lipinski definition) is 0. The van der Waals surface area contributed by atoms with E-state index in [0.29, 0.717) is 5.88 Å². The molecule has 3 heteroatoms. The van der Waals surface area contributed by atoms with Crippen molar-refractivity contribution in [2.75, 3.05) is 27.1 Å². The monoisotopic (exact) mass is 239 g/mol. The van der Waals surface area contributed by atoms with Gasteiger partial charge in [0, 0.05) is 32.1 Å². The van der Waals surface area contributed by atoms with E-state index in [0.717, 1.165) is 17.7 Å². The Morgan fingerprint density at radius 2 is 1.94 bits per heavy atom. The molecular formula is C13H18ClNO. The van der Waals surface area contributed by atoms with Crippen molar-refractivity contribution in [2.45, 2.75) is 6.42 Å². The lowest BCUT2D eigenvalue weighted by atomic mass is 10.1. The molecule has 2 nitrogen and oxygen atoms in total. The predicted octanol–water partition coefficient (Wildman–Crippen LogP) is 3.23. The van der Waals surface area contributed by atoms with E-state index >= 15 is 0 Å². The zero-order chi connectivity index (χ0) is 12.0. The summed E-state index contributed by atoms with van der Waals surface area (Å²) in [6.45, 7) is 0. The lowest BCUT2D eigenvalue weighted by Crippen LogP contribution is -2.11. The van der Waals surface area contributed by atoms with Crippen LogP contribution in [0.1, 0.15) is 12.0 Å². The maximum Gasteiger partial charge on any atom is 0.118 e. The van der Waals surface area contributed by atoms with Crippen LogP contribution >= 0.6 is 11.6 Å². The first-order chi connectivity index (χ1) is 7.67. The van der Waals surface area contributed by atoms with Crippen LogP contribution in [-0.2, 0) is 0 Å². The third-order valence-electron chi connectivity index (χ3n) is 2.37. The first-order valence-electron chi connectivity index (χ1n) is 5.25. The minimum atomic E-state index is 0.639. The van der Waals surface area contributed by atoms with Gasteiger partial charge >= 0.3 is 0 Å². The summed E-state index contributed by atoms with van der Waals surface area (Å²) < 4.78 is 5.12. The number of rotatable bonds is 5. The second kappa shape index (κ2) is 6.44. The van der Waals surface area contributed by atoms with Gasteiger partial charge in [-0.1, -0.05) is 12.1 Å². The van der Waals surface area contributed by atoms with E-state index in [9.17, 15) is 0 Å². The summed E-state index contributed by atoms with van der Waals surface area (Å²) in [5, 5.41) is 0. The number of hydrogen-bond acceptors (Lipinski definition) is 2. The van der Waals surface area contributed by atoms with E-state index in [1.165, 1.54) is 5.70 Å². The van der Waals surface area contributed by atoms with E-state index in [4.69, 9.17) is 16.3 Å². The smallest absolute Gasteiger partial charge is 0.118 e. The SMILES string of the molecule is COc1ccc(C=C(CCCl)N(C)C)cc1. The average molecular weight is 240 g/mol. The van der Waals surface area contributed by atoms with E-state index in [1.54, 1.807) is 7.11 Å². The van der Waals surface area contributed by atoms with Gasteiger partial charge in [-0.3, -0.25) is 0 Å². The zero-order valence-corrected chi connectivity index (χ0v) is 10.8. The number of nitrogens with zero attached hydrogens (tertiary/aromatic N) is 1. The van der Waals surface area contributed by atoms with Gasteiger partial charge in [0.25, 0.3) is 0 Å². The Balaban J connectivity index is 2.85. The van der Waals surface area contributed by atoms with E-state index in [-0.39, 0.29) is 0 Å². The highest BCUT2D eigenvalue weighted by Gasteiger charge is 1.99. The Morgan fingerprint density at radius 3 is 2.38 bits per heavy atom. The highest BCUT2D eigenvalue weighted by Crippen LogP contribution is 2.16. The van der Waals surface area contributed by atoms with Crippen molar-refractivity contribution in [2.24, 2.45) is 0 Å². The Morgan fingerprint density at radius 1 is 1.31 bits per heavy atom. The first-order valence-corrected chi connectivity index (χ1v) is 5.78. The fraction of sp³-hybridized carbons (Fsp3) is 0.385. The standard InChI is InChI=1S/C13H18ClNO/c1-15(2)12(8-9-14)10-11-4-6-13(16-3)7-5-11/h4-7,10H,8-9H2,1-3H3. The summed E-state index contributed by atoms with van der Waals surface area (Å²) in [5.41, 5.74) is 2.38. The maximum absolute atomic E-state index is 5.77. The molecule has 1 rings (SSSR count). The van der Waals surface area contributed by atoms with Crippen LogP contribution in [0, 0.1) is 0 Å². The summed E-state index contributed by atoms with van der Waals surface area (Å²) in [6, 6.07) is 7.99. The highest BCUT2D eigenvalue weighted by atomic mass is 35.5. The minimum Gasteiger partial charge on any atom is -0.497 e. The van der Waals surface area contributed by atoms with Crippen molar-refractivity contribution in [3.8, 4) is 5.75 Å². The Kier molecular flexibility index (Phi) is 5.20. The van der Waals surface area contributed by atoms with Crippen molar-refractivity contribution in [3.05, 3.63) is 35.5 Å². The normalized spacial score (nSPS) is 11.4.